The number of carbonyl (C=O) groups excluding carboxylic acids is 1. The molecule has 0 unspecified atom stereocenters. The van der Waals surface area contributed by atoms with Gasteiger partial charge in [0.05, 0.1) is 29.3 Å². The highest BCUT2D eigenvalue weighted by Gasteiger charge is 2.23. The van der Waals surface area contributed by atoms with Crippen LogP contribution in [0.15, 0.2) is 39.7 Å². The Morgan fingerprint density at radius 3 is 2.57 bits per heavy atom. The van der Waals surface area contributed by atoms with Crippen molar-refractivity contribution in [3.8, 4) is 11.3 Å². The average Bonchev–Trinajstić information content (AvgIpc) is 3.17. The number of halogens is 2. The van der Waals surface area contributed by atoms with E-state index in [4.69, 9.17) is 27.6 Å². The number of carbonyl (C=O) groups is 2. The monoisotopic (exact) mass is 450 g/mol. The average molecular weight is 451 g/mol. The number of carboxylic acid groups (broad SMARTS) is 1. The van der Waals surface area contributed by atoms with E-state index in [1.54, 1.807) is 17.6 Å². The first-order chi connectivity index (χ1) is 14.3. The Labute approximate surface area is 180 Å². The summed E-state index contributed by atoms with van der Waals surface area (Å²) in [5, 5.41) is 10.2. The highest BCUT2D eigenvalue weighted by atomic mass is 35.5. The van der Waals surface area contributed by atoms with Crippen LogP contribution in [0, 0.1) is 0 Å². The number of oxazole rings is 1. The van der Waals surface area contributed by atoms with Crippen molar-refractivity contribution in [2.75, 3.05) is 7.11 Å². The second-order valence-corrected chi connectivity index (χ2v) is 7.01. The van der Waals surface area contributed by atoms with Crippen molar-refractivity contribution in [3.05, 3.63) is 73.6 Å². The second kappa shape index (κ2) is 8.73. The fourth-order valence-electron chi connectivity index (χ4n) is 3.10. The third kappa shape index (κ3) is 4.10. The summed E-state index contributed by atoms with van der Waals surface area (Å²) >= 11 is 12.1. The number of nitrogens with zero attached hydrogens (tertiary/aromatic N) is 2. The zero-order chi connectivity index (χ0) is 22.0. The zero-order valence-electron chi connectivity index (χ0n) is 15.9. The first-order valence-electron chi connectivity index (χ1n) is 8.75. The van der Waals surface area contributed by atoms with Gasteiger partial charge >= 0.3 is 11.9 Å². The number of carboxylic acids is 1. The molecule has 0 spiro atoms. The number of pyridine rings is 1. The lowest BCUT2D eigenvalue weighted by molar-refractivity contribution is 0.0593. The van der Waals surface area contributed by atoms with E-state index in [2.05, 4.69) is 9.72 Å². The molecule has 1 N–H and O–H groups in total. The van der Waals surface area contributed by atoms with Crippen LogP contribution in [0.25, 0.3) is 11.3 Å². The number of aromatic nitrogens is 2. The van der Waals surface area contributed by atoms with Gasteiger partial charge in [0.25, 0.3) is 0 Å². The van der Waals surface area contributed by atoms with Gasteiger partial charge in [-0.05, 0) is 19.1 Å². The van der Waals surface area contributed by atoms with Gasteiger partial charge in [-0.25, -0.2) is 14.6 Å². The van der Waals surface area contributed by atoms with E-state index in [1.165, 1.54) is 25.3 Å². The molecule has 0 aliphatic heterocycles. The molecule has 0 amide bonds. The van der Waals surface area contributed by atoms with Gasteiger partial charge in [0.1, 0.15) is 11.8 Å². The van der Waals surface area contributed by atoms with Crippen molar-refractivity contribution in [1.82, 2.24) is 9.55 Å². The van der Waals surface area contributed by atoms with Gasteiger partial charge in [0.15, 0.2) is 11.1 Å². The van der Waals surface area contributed by atoms with Crippen LogP contribution in [0.4, 0.5) is 0 Å². The number of hydrogen-bond acceptors (Lipinski definition) is 6. The Bertz CT molecular complexity index is 1200. The summed E-state index contributed by atoms with van der Waals surface area (Å²) < 4.78 is 11.6. The summed E-state index contributed by atoms with van der Waals surface area (Å²) in [5.74, 6) is -1.85. The Hall–Kier alpha value is -3.10. The summed E-state index contributed by atoms with van der Waals surface area (Å²) in [6, 6.07) is 5.84. The van der Waals surface area contributed by atoms with E-state index in [9.17, 15) is 19.5 Å². The fraction of sp³-hybridized carbons (Fsp3) is 0.200. The zero-order valence-corrected chi connectivity index (χ0v) is 17.5. The van der Waals surface area contributed by atoms with Gasteiger partial charge in [-0.15, -0.1) is 0 Å². The summed E-state index contributed by atoms with van der Waals surface area (Å²) in [4.78, 5) is 40.2. The van der Waals surface area contributed by atoms with Crippen molar-refractivity contribution < 1.29 is 23.8 Å². The molecule has 0 saturated carbocycles. The molecule has 0 aliphatic carbocycles. The van der Waals surface area contributed by atoms with Crippen molar-refractivity contribution in [2.24, 2.45) is 0 Å². The van der Waals surface area contributed by atoms with Crippen LogP contribution in [-0.2, 0) is 17.7 Å². The van der Waals surface area contributed by atoms with Gasteiger partial charge in [-0.3, -0.25) is 4.79 Å². The smallest absolute Gasteiger partial charge is 0.360 e. The molecule has 0 bridgehead atoms. The summed E-state index contributed by atoms with van der Waals surface area (Å²) in [5.41, 5.74) is -0.0164. The maximum absolute atomic E-state index is 12.7. The van der Waals surface area contributed by atoms with Crippen LogP contribution < -0.4 is 5.43 Å². The quantitative estimate of drug-likeness (QED) is 0.566. The Morgan fingerprint density at radius 1 is 1.23 bits per heavy atom. The third-order valence-corrected chi connectivity index (χ3v) is 5.14. The summed E-state index contributed by atoms with van der Waals surface area (Å²) in [6.45, 7) is 2.14. The largest absolute Gasteiger partial charge is 0.477 e. The lowest BCUT2D eigenvalue weighted by Crippen LogP contribution is -2.23. The highest BCUT2D eigenvalue weighted by Crippen LogP contribution is 2.31. The SMILES string of the molecule is CCn1c(Cc2nc(C(=O)OC)co2)cc(=O)c(C(=O)O)c1-c1ccc(Cl)c(Cl)c1. The van der Waals surface area contributed by atoms with Crippen molar-refractivity contribution in [3.63, 3.8) is 0 Å². The second-order valence-electron chi connectivity index (χ2n) is 6.20. The predicted octanol–water partition coefficient (Wildman–Crippen LogP) is 3.91. The number of methoxy groups -OCH3 is 1. The Kier molecular flexibility index (Phi) is 6.28. The molecule has 2 aromatic heterocycles. The van der Waals surface area contributed by atoms with E-state index >= 15 is 0 Å². The highest BCUT2D eigenvalue weighted by molar-refractivity contribution is 6.42. The van der Waals surface area contributed by atoms with Gasteiger partial charge in [0, 0.05) is 23.9 Å². The minimum Gasteiger partial charge on any atom is -0.477 e. The first-order valence-corrected chi connectivity index (χ1v) is 9.50. The predicted molar refractivity (Wildman–Crippen MR) is 109 cm³/mol. The van der Waals surface area contributed by atoms with Crippen molar-refractivity contribution in [1.29, 1.82) is 0 Å². The lowest BCUT2D eigenvalue weighted by Gasteiger charge is -2.19. The van der Waals surface area contributed by atoms with Crippen LogP contribution in [0.1, 0.15) is 39.4 Å². The number of rotatable bonds is 6. The number of hydrogen-bond donors (Lipinski definition) is 1. The van der Waals surface area contributed by atoms with Crippen LogP contribution in [0.2, 0.25) is 10.0 Å². The molecule has 0 atom stereocenters. The molecule has 3 rings (SSSR count). The third-order valence-electron chi connectivity index (χ3n) is 4.40. The molecule has 0 fully saturated rings. The minimum absolute atomic E-state index is 0.00948. The van der Waals surface area contributed by atoms with Gasteiger partial charge in [0.2, 0.25) is 5.89 Å². The normalized spacial score (nSPS) is 10.8. The van der Waals surface area contributed by atoms with Crippen LogP contribution in [-0.4, -0.2) is 33.7 Å². The van der Waals surface area contributed by atoms with E-state index < -0.39 is 17.4 Å². The van der Waals surface area contributed by atoms with E-state index in [-0.39, 0.29) is 34.3 Å². The maximum Gasteiger partial charge on any atom is 0.360 e. The molecule has 8 nitrogen and oxygen atoms in total. The molecular formula is C20H16Cl2N2O6. The topological polar surface area (TPSA) is 112 Å². The molecule has 30 heavy (non-hydrogen) atoms. The van der Waals surface area contributed by atoms with Gasteiger partial charge in [-0.1, -0.05) is 29.3 Å². The Balaban J connectivity index is 2.20. The molecule has 3 aromatic rings. The van der Waals surface area contributed by atoms with Gasteiger partial charge < -0.3 is 18.8 Å². The van der Waals surface area contributed by atoms with Crippen LogP contribution in [0.3, 0.4) is 0 Å². The number of aromatic carboxylic acids is 1. The molecule has 0 aliphatic rings. The Morgan fingerprint density at radius 2 is 1.97 bits per heavy atom. The van der Waals surface area contributed by atoms with Gasteiger partial charge in [-0.2, -0.15) is 0 Å². The maximum atomic E-state index is 12.7. The molecule has 156 valence electrons. The summed E-state index contributed by atoms with van der Waals surface area (Å²) in [7, 11) is 1.22. The van der Waals surface area contributed by atoms with E-state index in [1.807, 2.05) is 0 Å². The van der Waals surface area contributed by atoms with Crippen molar-refractivity contribution >= 4 is 35.1 Å². The molecular weight excluding hydrogens is 435 g/mol. The minimum atomic E-state index is -1.36. The fourth-order valence-corrected chi connectivity index (χ4v) is 3.40. The lowest BCUT2D eigenvalue weighted by atomic mass is 10.0. The number of benzene rings is 1. The van der Waals surface area contributed by atoms with Crippen LogP contribution in [0.5, 0.6) is 0 Å². The van der Waals surface area contributed by atoms with Crippen LogP contribution >= 0.6 is 23.2 Å². The van der Waals surface area contributed by atoms with Crippen molar-refractivity contribution in [2.45, 2.75) is 19.9 Å². The standard InChI is InChI=1S/C20H16Cl2N2O6/c1-3-24-11(8-16-23-14(9-30-16)20(28)29-2)7-15(25)17(19(26)27)18(24)10-4-5-12(21)13(22)6-10/h4-7,9H,3,8H2,1-2H3,(H,26,27). The number of esters is 1. The molecule has 2 heterocycles. The molecule has 1 aromatic carbocycles. The molecule has 0 saturated heterocycles. The van der Waals surface area contributed by atoms with E-state index in [0.29, 0.717) is 22.8 Å². The van der Waals surface area contributed by atoms with E-state index in [0.717, 1.165) is 6.26 Å². The number of ether oxygens (including phenoxy) is 1. The molecule has 10 heteroatoms. The molecule has 0 radical (unpaired) electrons. The first kappa shape index (κ1) is 21.6. The summed E-state index contributed by atoms with van der Waals surface area (Å²) in [6.07, 6.45) is 1.20.